The summed E-state index contributed by atoms with van der Waals surface area (Å²) in [5.41, 5.74) is -0.766. The van der Waals surface area contributed by atoms with Gasteiger partial charge in [-0.05, 0) is 6.42 Å². The van der Waals surface area contributed by atoms with Crippen LogP contribution in [-0.4, -0.2) is 17.1 Å². The molecule has 0 amide bonds. The molecule has 0 saturated carbocycles. The van der Waals surface area contributed by atoms with Gasteiger partial charge in [-0.3, -0.25) is 4.79 Å². The Morgan fingerprint density at radius 1 is 1.55 bits per heavy atom. The van der Waals surface area contributed by atoms with E-state index < -0.39 is 17.5 Å². The molecule has 1 atom stereocenters. The highest BCUT2D eigenvalue weighted by molar-refractivity contribution is 7.65. The summed E-state index contributed by atoms with van der Waals surface area (Å²) < 4.78 is 0. The standard InChI is InChI=1S/C5H9Cl3O2Si/c1-2-3-4(5(9)10)11(6,7)8/h4H,2-3H2,1H3,(H,9,10). The summed E-state index contributed by atoms with van der Waals surface area (Å²) in [5, 5.41) is 8.62. The Labute approximate surface area is 80.6 Å². The van der Waals surface area contributed by atoms with E-state index in [1.807, 2.05) is 6.92 Å². The van der Waals surface area contributed by atoms with Crippen molar-refractivity contribution < 1.29 is 9.90 Å². The first-order valence-electron chi connectivity index (χ1n) is 3.19. The number of carbonyl (C=O) groups is 1. The van der Waals surface area contributed by atoms with Crippen molar-refractivity contribution in [2.24, 2.45) is 0 Å². The van der Waals surface area contributed by atoms with Crippen LogP contribution in [-0.2, 0) is 4.79 Å². The van der Waals surface area contributed by atoms with Gasteiger partial charge in [-0.2, -0.15) is 0 Å². The molecule has 0 spiro atoms. The number of hydrogen-bond donors (Lipinski definition) is 1. The minimum atomic E-state index is -3.05. The third-order valence-electron chi connectivity index (χ3n) is 1.27. The van der Waals surface area contributed by atoms with Crippen LogP contribution >= 0.6 is 33.2 Å². The fourth-order valence-electron chi connectivity index (χ4n) is 0.716. The van der Waals surface area contributed by atoms with Crippen LogP contribution in [0.2, 0.25) is 5.54 Å². The van der Waals surface area contributed by atoms with E-state index in [0.717, 1.165) is 6.42 Å². The van der Waals surface area contributed by atoms with Gasteiger partial charge in [-0.15, -0.1) is 33.2 Å². The van der Waals surface area contributed by atoms with Crippen LogP contribution in [0.15, 0.2) is 0 Å². The monoisotopic (exact) mass is 234 g/mol. The summed E-state index contributed by atoms with van der Waals surface area (Å²) in [5.74, 6) is -1.00. The zero-order valence-electron chi connectivity index (χ0n) is 5.98. The molecule has 6 heteroatoms. The highest BCUT2D eigenvalue weighted by atomic mass is 35.8. The van der Waals surface area contributed by atoms with Crippen LogP contribution in [0.3, 0.4) is 0 Å². The predicted octanol–water partition coefficient (Wildman–Crippen LogP) is 2.90. The van der Waals surface area contributed by atoms with Gasteiger partial charge in [0, 0.05) is 0 Å². The van der Waals surface area contributed by atoms with E-state index in [9.17, 15) is 4.79 Å². The Bertz CT molecular complexity index is 145. The van der Waals surface area contributed by atoms with Gasteiger partial charge in [0.2, 0.25) is 0 Å². The number of halogens is 3. The molecule has 1 N–H and O–H groups in total. The predicted molar refractivity (Wildman–Crippen MR) is 49.6 cm³/mol. The van der Waals surface area contributed by atoms with Crippen LogP contribution in [0.4, 0.5) is 0 Å². The van der Waals surface area contributed by atoms with Crippen molar-refractivity contribution in [3.63, 3.8) is 0 Å². The lowest BCUT2D eigenvalue weighted by Crippen LogP contribution is -2.26. The second kappa shape index (κ2) is 4.55. The lowest BCUT2D eigenvalue weighted by Gasteiger charge is -2.16. The molecule has 0 radical (unpaired) electrons. The van der Waals surface area contributed by atoms with Crippen molar-refractivity contribution in [3.05, 3.63) is 0 Å². The number of hydrogen-bond acceptors (Lipinski definition) is 1. The van der Waals surface area contributed by atoms with E-state index in [0.29, 0.717) is 6.42 Å². The fourth-order valence-corrected chi connectivity index (χ4v) is 3.43. The molecule has 66 valence electrons. The minimum absolute atomic E-state index is 0.443. The van der Waals surface area contributed by atoms with Crippen molar-refractivity contribution in [1.82, 2.24) is 0 Å². The molecular weight excluding hydrogens is 226 g/mol. The van der Waals surface area contributed by atoms with Crippen LogP contribution in [0, 0.1) is 0 Å². The quantitative estimate of drug-likeness (QED) is 0.601. The summed E-state index contributed by atoms with van der Waals surface area (Å²) >= 11 is 16.7. The van der Waals surface area contributed by atoms with Crippen molar-refractivity contribution in [2.75, 3.05) is 0 Å². The number of rotatable bonds is 4. The van der Waals surface area contributed by atoms with Crippen molar-refractivity contribution >= 4 is 45.2 Å². The molecule has 0 aliphatic heterocycles. The number of carboxylic acid groups (broad SMARTS) is 1. The van der Waals surface area contributed by atoms with E-state index in [4.69, 9.17) is 38.3 Å². The third kappa shape index (κ3) is 4.21. The summed E-state index contributed by atoms with van der Waals surface area (Å²) in [4.78, 5) is 10.5. The van der Waals surface area contributed by atoms with E-state index in [1.54, 1.807) is 0 Å². The van der Waals surface area contributed by atoms with Crippen LogP contribution in [0.25, 0.3) is 0 Å². The molecule has 0 heterocycles. The molecule has 0 aromatic heterocycles. The second-order valence-corrected chi connectivity index (χ2v) is 11.1. The van der Waals surface area contributed by atoms with Gasteiger partial charge in [-0.1, -0.05) is 13.3 Å². The molecule has 2 nitrogen and oxygen atoms in total. The molecule has 0 saturated heterocycles. The molecule has 0 fully saturated rings. The van der Waals surface area contributed by atoms with Crippen molar-refractivity contribution in [2.45, 2.75) is 25.3 Å². The molecule has 0 rings (SSSR count). The Morgan fingerprint density at radius 2 is 2.00 bits per heavy atom. The highest BCUT2D eigenvalue weighted by Gasteiger charge is 2.41. The Kier molecular flexibility index (Phi) is 4.78. The van der Waals surface area contributed by atoms with E-state index in [1.165, 1.54) is 0 Å². The topological polar surface area (TPSA) is 37.3 Å². The Hall–Kier alpha value is 0.557. The van der Waals surface area contributed by atoms with Crippen molar-refractivity contribution in [3.8, 4) is 0 Å². The maximum atomic E-state index is 10.5. The smallest absolute Gasteiger partial charge is 0.354 e. The van der Waals surface area contributed by atoms with Crippen LogP contribution in [0.1, 0.15) is 19.8 Å². The van der Waals surface area contributed by atoms with E-state index >= 15 is 0 Å². The first-order valence-corrected chi connectivity index (χ1v) is 8.30. The zero-order valence-corrected chi connectivity index (χ0v) is 9.25. The highest BCUT2D eigenvalue weighted by Crippen LogP contribution is 2.37. The van der Waals surface area contributed by atoms with Gasteiger partial charge in [-0.25, -0.2) is 0 Å². The lowest BCUT2D eigenvalue weighted by molar-refractivity contribution is -0.137. The first kappa shape index (κ1) is 11.6. The van der Waals surface area contributed by atoms with Gasteiger partial charge < -0.3 is 5.11 Å². The normalized spacial score (nSPS) is 14.5. The van der Waals surface area contributed by atoms with Gasteiger partial charge in [0.15, 0.2) is 0 Å². The van der Waals surface area contributed by atoms with E-state index in [-0.39, 0.29) is 0 Å². The van der Waals surface area contributed by atoms with Gasteiger partial charge >= 0.3 is 12.0 Å². The minimum Gasteiger partial charge on any atom is -0.481 e. The Balaban J connectivity index is 4.22. The molecule has 0 aromatic carbocycles. The largest absolute Gasteiger partial charge is 0.481 e. The molecule has 1 unspecified atom stereocenters. The molecular formula is C5H9Cl3O2Si. The van der Waals surface area contributed by atoms with E-state index in [2.05, 4.69) is 0 Å². The SMILES string of the molecule is CCCC(C(=O)O)[Si](Cl)(Cl)Cl. The van der Waals surface area contributed by atoms with Gasteiger partial charge in [0.05, 0.1) is 5.54 Å². The Morgan fingerprint density at radius 3 is 2.09 bits per heavy atom. The molecule has 0 bridgehead atoms. The molecule has 0 aliphatic carbocycles. The maximum Gasteiger partial charge on any atom is 0.354 e. The van der Waals surface area contributed by atoms with Gasteiger partial charge in [0.25, 0.3) is 0 Å². The lowest BCUT2D eigenvalue weighted by atomic mass is 10.2. The summed E-state index contributed by atoms with van der Waals surface area (Å²) in [6.45, 7) is 1.86. The average molecular weight is 236 g/mol. The molecule has 0 aromatic rings. The second-order valence-electron chi connectivity index (χ2n) is 2.22. The number of carboxylic acids is 1. The molecule has 11 heavy (non-hydrogen) atoms. The average Bonchev–Trinajstić information content (AvgIpc) is 1.79. The van der Waals surface area contributed by atoms with Crippen LogP contribution < -0.4 is 0 Å². The molecule has 0 aliphatic rings. The fraction of sp³-hybridized carbons (Fsp3) is 0.800. The first-order chi connectivity index (χ1) is 4.89. The van der Waals surface area contributed by atoms with Crippen LogP contribution in [0.5, 0.6) is 0 Å². The summed E-state index contributed by atoms with van der Waals surface area (Å²) in [6.07, 6.45) is 1.16. The summed E-state index contributed by atoms with van der Waals surface area (Å²) in [7, 11) is 0. The number of aliphatic carboxylic acids is 1. The summed E-state index contributed by atoms with van der Waals surface area (Å²) in [6, 6.07) is -3.05. The van der Waals surface area contributed by atoms with Gasteiger partial charge in [0.1, 0.15) is 0 Å². The maximum absolute atomic E-state index is 10.5. The zero-order chi connectivity index (χ0) is 9.07. The third-order valence-corrected chi connectivity index (χ3v) is 4.97. The van der Waals surface area contributed by atoms with Crippen molar-refractivity contribution in [1.29, 1.82) is 0 Å².